The maximum Gasteiger partial charge on any atom is 0.0714 e. The number of aryl methyl sites for hydroxylation is 1. The van der Waals surface area contributed by atoms with Crippen molar-refractivity contribution in [1.29, 1.82) is 0 Å². The standard InChI is InChI=1S/C15H12O3S/c1-10-2-3-11-4-5-12-6-7-13(19-18-17-16)9-15(12)14(11)8-10/h2-9,16H,1H3. The third-order valence-corrected chi connectivity index (χ3v) is 3.70. The van der Waals surface area contributed by atoms with E-state index in [2.05, 4.69) is 46.6 Å². The topological polar surface area (TPSA) is 38.7 Å². The second-order valence-electron chi connectivity index (χ2n) is 4.40. The highest BCUT2D eigenvalue weighted by Crippen LogP contribution is 2.30. The van der Waals surface area contributed by atoms with Crippen molar-refractivity contribution in [3.05, 3.63) is 54.1 Å². The molecule has 3 aromatic carbocycles. The summed E-state index contributed by atoms with van der Waals surface area (Å²) in [5.41, 5.74) is 1.23. The predicted molar refractivity (Wildman–Crippen MR) is 76.8 cm³/mol. The first kappa shape index (κ1) is 12.4. The summed E-state index contributed by atoms with van der Waals surface area (Å²) >= 11 is 0.976. The Morgan fingerprint density at radius 3 is 2.26 bits per heavy atom. The van der Waals surface area contributed by atoms with Crippen molar-refractivity contribution >= 4 is 33.6 Å². The average Bonchev–Trinajstić information content (AvgIpc) is 2.44. The van der Waals surface area contributed by atoms with Gasteiger partial charge in [-0.15, -0.1) is 4.33 Å². The number of rotatable bonds is 3. The monoisotopic (exact) mass is 272 g/mol. The molecule has 4 heteroatoms. The van der Waals surface area contributed by atoms with Gasteiger partial charge in [0.2, 0.25) is 0 Å². The van der Waals surface area contributed by atoms with Crippen LogP contribution in [0.1, 0.15) is 5.56 Å². The quantitative estimate of drug-likeness (QED) is 0.324. The molecule has 0 atom stereocenters. The zero-order valence-corrected chi connectivity index (χ0v) is 11.1. The molecule has 0 aromatic heterocycles. The molecule has 0 unspecified atom stereocenters. The highest BCUT2D eigenvalue weighted by Gasteiger charge is 2.03. The molecule has 0 saturated heterocycles. The van der Waals surface area contributed by atoms with Gasteiger partial charge in [0, 0.05) is 4.90 Å². The summed E-state index contributed by atoms with van der Waals surface area (Å²) in [4.78, 5) is 0.871. The highest BCUT2D eigenvalue weighted by molar-refractivity contribution is 7.94. The van der Waals surface area contributed by atoms with E-state index < -0.39 is 0 Å². The maximum absolute atomic E-state index is 8.21. The van der Waals surface area contributed by atoms with Gasteiger partial charge in [0.15, 0.2) is 0 Å². The van der Waals surface area contributed by atoms with Gasteiger partial charge < -0.3 is 0 Å². The van der Waals surface area contributed by atoms with Crippen molar-refractivity contribution < 1.29 is 14.6 Å². The van der Waals surface area contributed by atoms with Crippen LogP contribution in [0.2, 0.25) is 0 Å². The van der Waals surface area contributed by atoms with Crippen LogP contribution in [0.25, 0.3) is 21.5 Å². The van der Waals surface area contributed by atoms with Gasteiger partial charge in [-0.3, -0.25) is 0 Å². The van der Waals surface area contributed by atoms with E-state index in [-0.39, 0.29) is 0 Å². The van der Waals surface area contributed by atoms with Crippen LogP contribution in [0.15, 0.2) is 53.4 Å². The van der Waals surface area contributed by atoms with E-state index in [1.165, 1.54) is 21.7 Å². The molecule has 96 valence electrons. The lowest BCUT2D eigenvalue weighted by Crippen LogP contribution is -1.82. The fourth-order valence-corrected chi connectivity index (χ4v) is 2.65. The Hall–Kier alpha value is -1.59. The minimum absolute atomic E-state index is 0.871. The Balaban J connectivity index is 2.22. The molecule has 0 fully saturated rings. The summed E-state index contributed by atoms with van der Waals surface area (Å²) in [5, 5.41) is 16.6. The van der Waals surface area contributed by atoms with Crippen LogP contribution in [0, 0.1) is 6.92 Å². The first-order chi connectivity index (χ1) is 9.28. The summed E-state index contributed by atoms with van der Waals surface area (Å²) in [7, 11) is 0. The molecule has 3 nitrogen and oxygen atoms in total. The Labute approximate surface area is 114 Å². The third-order valence-electron chi connectivity index (χ3n) is 3.13. The molecule has 0 spiro atoms. The fourth-order valence-electron chi connectivity index (χ4n) is 2.25. The van der Waals surface area contributed by atoms with E-state index in [0.29, 0.717) is 0 Å². The van der Waals surface area contributed by atoms with Gasteiger partial charge in [-0.1, -0.05) is 47.0 Å². The second-order valence-corrected chi connectivity index (χ2v) is 5.17. The third kappa shape index (κ3) is 2.43. The van der Waals surface area contributed by atoms with Gasteiger partial charge in [-0.05, 0) is 40.6 Å². The molecule has 0 aliphatic heterocycles. The van der Waals surface area contributed by atoms with Gasteiger partial charge in [0.25, 0.3) is 0 Å². The van der Waals surface area contributed by atoms with E-state index >= 15 is 0 Å². The minimum atomic E-state index is 0.871. The minimum Gasteiger partial charge on any atom is -0.220 e. The van der Waals surface area contributed by atoms with Crippen LogP contribution >= 0.6 is 12.0 Å². The number of fused-ring (bicyclic) bond motifs is 3. The molecule has 1 N–H and O–H groups in total. The molecule has 3 rings (SSSR count). The van der Waals surface area contributed by atoms with Crippen molar-refractivity contribution in [1.82, 2.24) is 0 Å². The summed E-state index contributed by atoms with van der Waals surface area (Å²) in [6.45, 7) is 2.08. The van der Waals surface area contributed by atoms with Gasteiger partial charge in [0.05, 0.1) is 12.0 Å². The van der Waals surface area contributed by atoms with Crippen LogP contribution in [-0.4, -0.2) is 5.26 Å². The Morgan fingerprint density at radius 2 is 1.53 bits per heavy atom. The maximum atomic E-state index is 8.21. The lowest BCUT2D eigenvalue weighted by Gasteiger charge is -2.06. The number of benzene rings is 3. The molecule has 0 amide bonds. The SMILES string of the molecule is Cc1ccc2ccc3ccc(SOOO)cc3c2c1. The van der Waals surface area contributed by atoms with Gasteiger partial charge in [-0.2, -0.15) is 0 Å². The van der Waals surface area contributed by atoms with Crippen molar-refractivity contribution in [2.75, 3.05) is 0 Å². The molecule has 19 heavy (non-hydrogen) atoms. The normalized spacial score (nSPS) is 11.3. The zero-order chi connectivity index (χ0) is 13.2. The van der Waals surface area contributed by atoms with Crippen LogP contribution in [0.3, 0.4) is 0 Å². The summed E-state index contributed by atoms with van der Waals surface area (Å²) < 4.78 is 4.48. The smallest absolute Gasteiger partial charge is 0.0714 e. The van der Waals surface area contributed by atoms with Crippen molar-refractivity contribution in [3.8, 4) is 0 Å². The first-order valence-corrected chi connectivity index (χ1v) is 6.60. The molecular weight excluding hydrogens is 260 g/mol. The zero-order valence-electron chi connectivity index (χ0n) is 10.3. The molecule has 3 aromatic rings. The molecule has 0 saturated carbocycles. The van der Waals surface area contributed by atoms with E-state index in [9.17, 15) is 0 Å². The lowest BCUT2D eigenvalue weighted by atomic mass is 10.0. The molecule has 0 bridgehead atoms. The van der Waals surface area contributed by atoms with Crippen LogP contribution in [0.5, 0.6) is 0 Å². The number of hydrogen-bond acceptors (Lipinski definition) is 4. The number of hydrogen-bond donors (Lipinski definition) is 1. The first-order valence-electron chi connectivity index (χ1n) is 5.86. The molecule has 0 heterocycles. The molecular formula is C15H12O3S. The summed E-state index contributed by atoms with van der Waals surface area (Å²) in [6, 6.07) is 16.6. The Kier molecular flexibility index (Phi) is 3.40. The molecule has 0 aliphatic rings. The van der Waals surface area contributed by atoms with E-state index in [0.717, 1.165) is 22.3 Å². The van der Waals surface area contributed by atoms with Crippen molar-refractivity contribution in [2.45, 2.75) is 11.8 Å². The average molecular weight is 272 g/mol. The highest BCUT2D eigenvalue weighted by atomic mass is 32.2. The molecule has 0 aliphatic carbocycles. The van der Waals surface area contributed by atoms with E-state index in [1.807, 2.05) is 18.2 Å². The fraction of sp³-hybridized carbons (Fsp3) is 0.0667. The van der Waals surface area contributed by atoms with Gasteiger partial charge >= 0.3 is 0 Å². The largest absolute Gasteiger partial charge is 0.220 e. The Morgan fingerprint density at radius 1 is 0.895 bits per heavy atom. The summed E-state index contributed by atoms with van der Waals surface area (Å²) in [6.07, 6.45) is 0. The van der Waals surface area contributed by atoms with E-state index in [1.54, 1.807) is 0 Å². The van der Waals surface area contributed by atoms with Crippen LogP contribution in [0.4, 0.5) is 0 Å². The summed E-state index contributed by atoms with van der Waals surface area (Å²) in [5.74, 6) is 0. The van der Waals surface area contributed by atoms with Gasteiger partial charge in [0.1, 0.15) is 0 Å². The van der Waals surface area contributed by atoms with Crippen molar-refractivity contribution in [2.24, 2.45) is 0 Å². The van der Waals surface area contributed by atoms with E-state index in [4.69, 9.17) is 5.26 Å². The predicted octanol–water partition coefficient (Wildman–Crippen LogP) is 4.73. The van der Waals surface area contributed by atoms with Crippen LogP contribution < -0.4 is 0 Å². The lowest BCUT2D eigenvalue weighted by molar-refractivity contribution is -0.432. The Bertz CT molecular complexity index is 740. The van der Waals surface area contributed by atoms with Gasteiger partial charge in [-0.25, -0.2) is 5.26 Å². The van der Waals surface area contributed by atoms with Crippen molar-refractivity contribution in [3.63, 3.8) is 0 Å². The van der Waals surface area contributed by atoms with Crippen LogP contribution in [-0.2, 0) is 9.37 Å². The molecule has 0 radical (unpaired) electrons. The second kappa shape index (κ2) is 5.19.